The molecule has 0 aromatic carbocycles. The highest BCUT2D eigenvalue weighted by atomic mass is 15.3. The Balaban J connectivity index is 2.15. The average Bonchev–Trinajstić information content (AvgIpc) is 2.47. The molecule has 0 amide bonds. The van der Waals surface area contributed by atoms with E-state index in [-0.39, 0.29) is 0 Å². The van der Waals surface area contributed by atoms with Crippen molar-refractivity contribution in [2.45, 2.75) is 26.3 Å². The molecule has 1 aliphatic heterocycles. The van der Waals surface area contributed by atoms with Gasteiger partial charge in [0.15, 0.2) is 0 Å². The Bertz CT molecular complexity index is 571. The topological polar surface area (TPSA) is 67.0 Å². The van der Waals surface area contributed by atoms with E-state index < -0.39 is 5.54 Å². The standard InChI is InChI=1S/C15H19N5/c1-12-4-5-18-14(13(12)10-16)19-6-8-20(9-7-19)15(2,3)11-17/h4-5H,6-9H2,1-3H3. The summed E-state index contributed by atoms with van der Waals surface area (Å²) in [4.78, 5) is 8.67. The quantitative estimate of drug-likeness (QED) is 0.817. The van der Waals surface area contributed by atoms with Gasteiger partial charge in [0, 0.05) is 32.4 Å². The molecule has 104 valence electrons. The number of nitriles is 2. The summed E-state index contributed by atoms with van der Waals surface area (Å²) in [5, 5.41) is 18.5. The van der Waals surface area contributed by atoms with Crippen LogP contribution in [0.2, 0.25) is 0 Å². The molecular formula is C15H19N5. The van der Waals surface area contributed by atoms with Crippen LogP contribution in [0, 0.1) is 29.6 Å². The SMILES string of the molecule is Cc1ccnc(N2CCN(C(C)(C)C#N)CC2)c1C#N. The van der Waals surface area contributed by atoms with Crippen molar-refractivity contribution in [1.29, 1.82) is 10.5 Å². The van der Waals surface area contributed by atoms with Gasteiger partial charge >= 0.3 is 0 Å². The molecule has 5 heteroatoms. The van der Waals surface area contributed by atoms with Crippen LogP contribution in [-0.2, 0) is 0 Å². The maximum atomic E-state index is 9.28. The number of anilines is 1. The number of aromatic nitrogens is 1. The van der Waals surface area contributed by atoms with Gasteiger partial charge in [0.1, 0.15) is 17.4 Å². The van der Waals surface area contributed by atoms with Crippen LogP contribution < -0.4 is 4.90 Å². The number of hydrogen-bond acceptors (Lipinski definition) is 5. The van der Waals surface area contributed by atoms with Gasteiger partial charge in [-0.25, -0.2) is 4.98 Å². The van der Waals surface area contributed by atoms with E-state index in [9.17, 15) is 10.5 Å². The Labute approximate surface area is 120 Å². The molecule has 0 spiro atoms. The van der Waals surface area contributed by atoms with E-state index in [4.69, 9.17) is 0 Å². The summed E-state index contributed by atoms with van der Waals surface area (Å²) < 4.78 is 0. The van der Waals surface area contributed by atoms with E-state index in [0.717, 1.165) is 37.6 Å². The van der Waals surface area contributed by atoms with Crippen molar-refractivity contribution in [3.63, 3.8) is 0 Å². The molecule has 1 aromatic heterocycles. The molecule has 0 N–H and O–H groups in total. The van der Waals surface area contributed by atoms with Crippen molar-refractivity contribution >= 4 is 5.82 Å². The van der Waals surface area contributed by atoms with Crippen LogP contribution in [0.25, 0.3) is 0 Å². The van der Waals surface area contributed by atoms with Crippen molar-refractivity contribution < 1.29 is 0 Å². The van der Waals surface area contributed by atoms with Crippen molar-refractivity contribution in [3.8, 4) is 12.1 Å². The fourth-order valence-corrected chi connectivity index (χ4v) is 2.47. The first-order valence-corrected chi connectivity index (χ1v) is 6.76. The van der Waals surface area contributed by atoms with E-state index >= 15 is 0 Å². The minimum absolute atomic E-state index is 0.440. The molecule has 0 atom stereocenters. The molecule has 5 nitrogen and oxygen atoms in total. The van der Waals surface area contributed by atoms with E-state index in [0.29, 0.717) is 5.56 Å². The third kappa shape index (κ3) is 2.59. The second-order valence-electron chi connectivity index (χ2n) is 5.58. The van der Waals surface area contributed by atoms with Gasteiger partial charge in [-0.15, -0.1) is 0 Å². The Hall–Kier alpha value is -2.11. The number of piperazine rings is 1. The van der Waals surface area contributed by atoms with Crippen LogP contribution in [0.4, 0.5) is 5.82 Å². The molecule has 1 aromatic rings. The highest BCUT2D eigenvalue weighted by molar-refractivity contribution is 5.57. The molecule has 2 heterocycles. The smallest absolute Gasteiger partial charge is 0.146 e. The molecule has 0 saturated carbocycles. The third-order valence-electron chi connectivity index (χ3n) is 3.89. The van der Waals surface area contributed by atoms with Crippen molar-refractivity contribution in [1.82, 2.24) is 9.88 Å². The van der Waals surface area contributed by atoms with Crippen molar-refractivity contribution in [3.05, 3.63) is 23.4 Å². The summed E-state index contributed by atoms with van der Waals surface area (Å²) in [6.07, 6.45) is 1.75. The molecule has 0 unspecified atom stereocenters. The third-order valence-corrected chi connectivity index (χ3v) is 3.89. The molecule has 0 aliphatic carbocycles. The fourth-order valence-electron chi connectivity index (χ4n) is 2.47. The monoisotopic (exact) mass is 269 g/mol. The molecule has 1 fully saturated rings. The molecule has 1 aliphatic rings. The van der Waals surface area contributed by atoms with Crippen molar-refractivity contribution in [2.75, 3.05) is 31.1 Å². The zero-order chi connectivity index (χ0) is 14.8. The van der Waals surface area contributed by atoms with Crippen LogP contribution in [0.5, 0.6) is 0 Å². The second-order valence-corrected chi connectivity index (χ2v) is 5.58. The number of rotatable bonds is 2. The Kier molecular flexibility index (Phi) is 3.92. The highest BCUT2D eigenvalue weighted by Gasteiger charge is 2.30. The summed E-state index contributed by atoms with van der Waals surface area (Å²) >= 11 is 0. The van der Waals surface area contributed by atoms with Crippen LogP contribution in [0.1, 0.15) is 25.0 Å². The Morgan fingerprint density at radius 1 is 1.20 bits per heavy atom. The summed E-state index contributed by atoms with van der Waals surface area (Å²) in [6, 6.07) is 6.44. The summed E-state index contributed by atoms with van der Waals surface area (Å²) in [7, 11) is 0. The molecule has 20 heavy (non-hydrogen) atoms. The van der Waals surface area contributed by atoms with Gasteiger partial charge in [-0.05, 0) is 32.4 Å². The van der Waals surface area contributed by atoms with Gasteiger partial charge in [-0.2, -0.15) is 10.5 Å². The van der Waals surface area contributed by atoms with Crippen LogP contribution in [-0.4, -0.2) is 41.6 Å². The van der Waals surface area contributed by atoms with Crippen molar-refractivity contribution in [2.24, 2.45) is 0 Å². The van der Waals surface area contributed by atoms with Gasteiger partial charge in [-0.3, -0.25) is 4.90 Å². The number of aryl methyl sites for hydroxylation is 1. The van der Waals surface area contributed by atoms with E-state index in [1.165, 1.54) is 0 Å². The van der Waals surface area contributed by atoms with Crippen LogP contribution in [0.3, 0.4) is 0 Å². The lowest BCUT2D eigenvalue weighted by Gasteiger charge is -2.41. The van der Waals surface area contributed by atoms with Crippen LogP contribution in [0.15, 0.2) is 12.3 Å². The lowest BCUT2D eigenvalue weighted by Crippen LogP contribution is -2.54. The van der Waals surface area contributed by atoms with Gasteiger partial charge in [0.25, 0.3) is 0 Å². The zero-order valence-electron chi connectivity index (χ0n) is 12.2. The van der Waals surface area contributed by atoms with Crippen LogP contribution >= 0.6 is 0 Å². The normalized spacial score (nSPS) is 16.6. The second kappa shape index (κ2) is 5.48. The average molecular weight is 269 g/mol. The Morgan fingerprint density at radius 3 is 2.40 bits per heavy atom. The van der Waals surface area contributed by atoms with Gasteiger partial charge in [-0.1, -0.05) is 0 Å². The van der Waals surface area contributed by atoms with E-state index in [2.05, 4.69) is 26.9 Å². The lowest BCUT2D eigenvalue weighted by atomic mass is 10.0. The number of hydrogen-bond donors (Lipinski definition) is 0. The Morgan fingerprint density at radius 2 is 1.85 bits per heavy atom. The fraction of sp³-hybridized carbons (Fsp3) is 0.533. The first-order valence-electron chi connectivity index (χ1n) is 6.76. The molecule has 0 radical (unpaired) electrons. The first-order chi connectivity index (χ1) is 9.49. The summed E-state index contributed by atoms with van der Waals surface area (Å²) in [5.41, 5.74) is 1.17. The lowest BCUT2D eigenvalue weighted by molar-refractivity contribution is 0.157. The van der Waals surface area contributed by atoms with Gasteiger partial charge in [0.05, 0.1) is 11.6 Å². The highest BCUT2D eigenvalue weighted by Crippen LogP contribution is 2.23. The number of nitrogens with zero attached hydrogens (tertiary/aromatic N) is 5. The largest absolute Gasteiger partial charge is 0.353 e. The van der Waals surface area contributed by atoms with E-state index in [1.807, 2.05) is 26.8 Å². The van der Waals surface area contributed by atoms with E-state index in [1.54, 1.807) is 6.20 Å². The minimum atomic E-state index is -0.440. The molecule has 0 bridgehead atoms. The minimum Gasteiger partial charge on any atom is -0.353 e. The number of pyridine rings is 1. The van der Waals surface area contributed by atoms with Gasteiger partial charge in [0.2, 0.25) is 0 Å². The first kappa shape index (κ1) is 14.3. The molecular weight excluding hydrogens is 250 g/mol. The predicted octanol–water partition coefficient (Wildman–Crippen LogP) is 1.69. The molecule has 1 saturated heterocycles. The maximum absolute atomic E-state index is 9.28. The maximum Gasteiger partial charge on any atom is 0.146 e. The predicted molar refractivity (Wildman–Crippen MR) is 77.2 cm³/mol. The van der Waals surface area contributed by atoms with Gasteiger partial charge < -0.3 is 4.90 Å². The summed E-state index contributed by atoms with van der Waals surface area (Å²) in [5.74, 6) is 0.766. The summed E-state index contributed by atoms with van der Waals surface area (Å²) in [6.45, 7) is 9.00. The molecule has 2 rings (SSSR count). The zero-order valence-corrected chi connectivity index (χ0v) is 12.2.